The molecule has 1 unspecified atom stereocenters. The van der Waals surface area contributed by atoms with Crippen LogP contribution in [0.3, 0.4) is 0 Å². The minimum atomic E-state index is -4.61. The Bertz CT molecular complexity index is 563. The van der Waals surface area contributed by atoms with E-state index in [1.54, 1.807) is 0 Å². The van der Waals surface area contributed by atoms with Gasteiger partial charge in [0.2, 0.25) is 0 Å². The van der Waals surface area contributed by atoms with Crippen LogP contribution in [0.15, 0.2) is 18.2 Å². The zero-order valence-corrected chi connectivity index (χ0v) is 11.8. The second-order valence-electron chi connectivity index (χ2n) is 4.28. The Morgan fingerprint density at radius 1 is 1.33 bits per heavy atom. The van der Waals surface area contributed by atoms with E-state index in [1.807, 2.05) is 0 Å². The van der Waals surface area contributed by atoms with Crippen LogP contribution in [-0.4, -0.2) is 35.1 Å². The molecule has 0 saturated carbocycles. The number of likely N-dealkylation sites (N-methyl/N-ethyl adjacent to an activating group) is 1. The summed E-state index contributed by atoms with van der Waals surface area (Å²) in [5.41, 5.74) is -1.19. The first-order chi connectivity index (χ1) is 9.52. The third kappa shape index (κ3) is 4.52. The Labute approximate surface area is 123 Å². The first-order valence-electron chi connectivity index (χ1n) is 5.66. The van der Waals surface area contributed by atoms with Crippen molar-refractivity contribution in [3.63, 3.8) is 0 Å². The highest BCUT2D eigenvalue weighted by Crippen LogP contribution is 2.33. The normalized spacial score (nSPS) is 12.7. The fraction of sp³-hybridized carbons (Fsp3) is 0.333. The van der Waals surface area contributed by atoms with Crippen LogP contribution in [0.4, 0.5) is 23.7 Å². The molecule has 0 spiro atoms. The van der Waals surface area contributed by atoms with Crippen molar-refractivity contribution in [2.45, 2.75) is 19.1 Å². The van der Waals surface area contributed by atoms with Crippen molar-refractivity contribution < 1.29 is 27.9 Å². The molecule has 9 heteroatoms. The van der Waals surface area contributed by atoms with Gasteiger partial charge in [-0.3, -0.25) is 0 Å². The standard InChI is InChI=1S/C12H12ClF3N2O3/c1-6(10(19)20)18(2)11(21)17-9-4-7(12(14,15)16)3-8(13)5-9/h3-6H,1-2H3,(H,17,21)(H,19,20). The van der Waals surface area contributed by atoms with E-state index in [4.69, 9.17) is 16.7 Å². The third-order valence-electron chi connectivity index (χ3n) is 2.74. The van der Waals surface area contributed by atoms with Crippen LogP contribution in [-0.2, 0) is 11.0 Å². The van der Waals surface area contributed by atoms with Gasteiger partial charge in [-0.2, -0.15) is 13.2 Å². The third-order valence-corrected chi connectivity index (χ3v) is 2.95. The molecule has 0 fully saturated rings. The van der Waals surface area contributed by atoms with Gasteiger partial charge in [0.05, 0.1) is 5.56 Å². The van der Waals surface area contributed by atoms with Gasteiger partial charge in [-0.25, -0.2) is 9.59 Å². The van der Waals surface area contributed by atoms with Crippen molar-refractivity contribution in [2.24, 2.45) is 0 Å². The zero-order chi connectivity index (χ0) is 16.4. The van der Waals surface area contributed by atoms with Gasteiger partial charge < -0.3 is 15.3 Å². The lowest BCUT2D eigenvalue weighted by Gasteiger charge is -2.22. The van der Waals surface area contributed by atoms with E-state index in [-0.39, 0.29) is 10.7 Å². The SMILES string of the molecule is CC(C(=O)O)N(C)C(=O)Nc1cc(Cl)cc(C(F)(F)F)c1. The average molecular weight is 325 g/mol. The molecule has 1 rings (SSSR count). The summed E-state index contributed by atoms with van der Waals surface area (Å²) < 4.78 is 37.9. The van der Waals surface area contributed by atoms with Gasteiger partial charge in [0.25, 0.3) is 0 Å². The van der Waals surface area contributed by atoms with Crippen LogP contribution in [0, 0.1) is 0 Å². The number of carboxylic acid groups (broad SMARTS) is 1. The molecule has 0 aliphatic rings. The number of alkyl halides is 3. The Morgan fingerprint density at radius 2 is 1.90 bits per heavy atom. The predicted molar refractivity (Wildman–Crippen MR) is 70.3 cm³/mol. The minimum absolute atomic E-state index is 0.177. The highest BCUT2D eigenvalue weighted by molar-refractivity contribution is 6.31. The number of hydrogen-bond acceptors (Lipinski definition) is 2. The molecule has 0 aliphatic heterocycles. The van der Waals surface area contributed by atoms with E-state index >= 15 is 0 Å². The van der Waals surface area contributed by atoms with Crippen molar-refractivity contribution in [2.75, 3.05) is 12.4 Å². The van der Waals surface area contributed by atoms with Crippen molar-refractivity contribution in [3.05, 3.63) is 28.8 Å². The molecule has 2 N–H and O–H groups in total. The number of aliphatic carboxylic acids is 1. The largest absolute Gasteiger partial charge is 0.480 e. The van der Waals surface area contributed by atoms with E-state index in [0.29, 0.717) is 6.07 Å². The molecule has 0 aliphatic carbocycles. The van der Waals surface area contributed by atoms with E-state index < -0.39 is 29.8 Å². The van der Waals surface area contributed by atoms with Crippen LogP contribution in [0.25, 0.3) is 0 Å². The summed E-state index contributed by atoms with van der Waals surface area (Å²) in [6, 6.07) is 0.573. The topological polar surface area (TPSA) is 69.6 Å². The number of nitrogens with one attached hydrogen (secondary N) is 1. The monoisotopic (exact) mass is 324 g/mol. The first-order valence-corrected chi connectivity index (χ1v) is 6.04. The number of hydrogen-bond donors (Lipinski definition) is 2. The quantitative estimate of drug-likeness (QED) is 0.896. The van der Waals surface area contributed by atoms with Crippen LogP contribution >= 0.6 is 11.6 Å². The summed E-state index contributed by atoms with van der Waals surface area (Å²) in [6.07, 6.45) is -4.61. The van der Waals surface area contributed by atoms with Crippen LogP contribution < -0.4 is 5.32 Å². The van der Waals surface area contributed by atoms with E-state index in [2.05, 4.69) is 5.32 Å². The molecular formula is C12H12ClF3N2O3. The lowest BCUT2D eigenvalue weighted by atomic mass is 10.2. The molecule has 1 aromatic carbocycles. The average Bonchev–Trinajstić information content (AvgIpc) is 2.34. The second-order valence-corrected chi connectivity index (χ2v) is 4.72. The number of carboxylic acids is 1. The second kappa shape index (κ2) is 6.21. The Morgan fingerprint density at radius 3 is 2.38 bits per heavy atom. The summed E-state index contributed by atoms with van der Waals surface area (Å²) in [5.74, 6) is -1.24. The molecule has 2 amide bonds. The summed E-state index contributed by atoms with van der Waals surface area (Å²) >= 11 is 5.57. The number of rotatable bonds is 3. The van der Waals surface area contributed by atoms with Crippen LogP contribution in [0.1, 0.15) is 12.5 Å². The number of nitrogens with zero attached hydrogens (tertiary/aromatic N) is 1. The van der Waals surface area contributed by atoms with Crippen molar-refractivity contribution in [3.8, 4) is 0 Å². The number of halogens is 4. The highest BCUT2D eigenvalue weighted by Gasteiger charge is 2.31. The van der Waals surface area contributed by atoms with Crippen LogP contribution in [0.5, 0.6) is 0 Å². The summed E-state index contributed by atoms with van der Waals surface area (Å²) in [5, 5.41) is 10.7. The number of anilines is 1. The summed E-state index contributed by atoms with van der Waals surface area (Å²) in [4.78, 5) is 23.3. The van der Waals surface area contributed by atoms with Crippen molar-refractivity contribution in [1.82, 2.24) is 4.90 Å². The molecule has 1 atom stereocenters. The zero-order valence-electron chi connectivity index (χ0n) is 11.0. The molecule has 0 bridgehead atoms. The molecular weight excluding hydrogens is 313 g/mol. The van der Waals surface area contributed by atoms with E-state index in [1.165, 1.54) is 14.0 Å². The lowest BCUT2D eigenvalue weighted by molar-refractivity contribution is -0.141. The van der Waals surface area contributed by atoms with Gasteiger partial charge in [0, 0.05) is 17.8 Å². The van der Waals surface area contributed by atoms with Crippen molar-refractivity contribution in [1.29, 1.82) is 0 Å². The van der Waals surface area contributed by atoms with Gasteiger partial charge in [-0.15, -0.1) is 0 Å². The fourth-order valence-electron chi connectivity index (χ4n) is 1.38. The highest BCUT2D eigenvalue weighted by atomic mass is 35.5. The Balaban J connectivity index is 2.96. The van der Waals surface area contributed by atoms with Crippen molar-refractivity contribution >= 4 is 29.3 Å². The number of carbonyl (C=O) groups excluding carboxylic acids is 1. The molecule has 1 aromatic rings. The molecule has 0 radical (unpaired) electrons. The first kappa shape index (κ1) is 17.1. The van der Waals surface area contributed by atoms with Gasteiger partial charge >= 0.3 is 18.2 Å². The molecule has 0 heterocycles. The number of benzene rings is 1. The molecule has 21 heavy (non-hydrogen) atoms. The molecule has 5 nitrogen and oxygen atoms in total. The predicted octanol–water partition coefficient (Wildman–Crippen LogP) is 3.30. The maximum absolute atomic E-state index is 12.6. The molecule has 0 aromatic heterocycles. The Kier molecular flexibility index (Phi) is 5.06. The Hall–Kier alpha value is -1.96. The fourth-order valence-corrected chi connectivity index (χ4v) is 1.61. The number of carbonyl (C=O) groups is 2. The summed E-state index contributed by atoms with van der Waals surface area (Å²) in [7, 11) is 1.21. The number of urea groups is 1. The van der Waals surface area contributed by atoms with Gasteiger partial charge in [0.15, 0.2) is 0 Å². The maximum Gasteiger partial charge on any atom is 0.416 e. The minimum Gasteiger partial charge on any atom is -0.480 e. The van der Waals surface area contributed by atoms with Gasteiger partial charge in [-0.1, -0.05) is 11.6 Å². The summed E-state index contributed by atoms with van der Waals surface area (Å²) in [6.45, 7) is 1.26. The lowest BCUT2D eigenvalue weighted by Crippen LogP contribution is -2.42. The maximum atomic E-state index is 12.6. The number of amides is 2. The van der Waals surface area contributed by atoms with E-state index in [9.17, 15) is 22.8 Å². The van der Waals surface area contributed by atoms with Gasteiger partial charge in [-0.05, 0) is 25.1 Å². The molecule has 0 saturated heterocycles. The van der Waals surface area contributed by atoms with E-state index in [0.717, 1.165) is 17.0 Å². The smallest absolute Gasteiger partial charge is 0.416 e. The van der Waals surface area contributed by atoms with Gasteiger partial charge in [0.1, 0.15) is 6.04 Å². The molecule has 116 valence electrons. The van der Waals surface area contributed by atoms with Crippen LogP contribution in [0.2, 0.25) is 5.02 Å².